The van der Waals surface area contributed by atoms with Gasteiger partial charge in [-0.3, -0.25) is 0 Å². The Labute approximate surface area is 111 Å². The zero-order valence-corrected chi connectivity index (χ0v) is 12.2. The van der Waals surface area contributed by atoms with Crippen molar-refractivity contribution in [3.05, 3.63) is 57.6 Å². The van der Waals surface area contributed by atoms with E-state index < -0.39 is 0 Å². The van der Waals surface area contributed by atoms with E-state index in [1.807, 2.05) is 0 Å². The van der Waals surface area contributed by atoms with E-state index >= 15 is 0 Å². The molecule has 0 unspecified atom stereocenters. The third kappa shape index (κ3) is 2.20. The van der Waals surface area contributed by atoms with Gasteiger partial charge >= 0.3 is 0 Å². The van der Waals surface area contributed by atoms with Crippen LogP contribution < -0.4 is 0 Å². The van der Waals surface area contributed by atoms with Gasteiger partial charge in [0.15, 0.2) is 0 Å². The minimum Gasteiger partial charge on any atom is -0.0505 e. The Balaban J connectivity index is 2.77. The van der Waals surface area contributed by atoms with Crippen LogP contribution in [0.5, 0.6) is 0 Å². The molecule has 2 radical (unpaired) electrons. The fourth-order valence-corrected chi connectivity index (χ4v) is 2.46. The SMILES string of the molecule is Cc1[c]c(C)c(C)c(-c2cc(C)[c]c(C)c2C)c1. The van der Waals surface area contributed by atoms with Crippen molar-refractivity contribution in [3.63, 3.8) is 0 Å². The molecule has 0 bridgehead atoms. The highest BCUT2D eigenvalue weighted by Gasteiger charge is 2.10. The molecule has 0 spiro atoms. The first-order chi connectivity index (χ1) is 8.40. The van der Waals surface area contributed by atoms with E-state index in [0.29, 0.717) is 0 Å². The minimum absolute atomic E-state index is 1.20. The first kappa shape index (κ1) is 12.9. The van der Waals surface area contributed by atoms with E-state index in [9.17, 15) is 0 Å². The topological polar surface area (TPSA) is 0 Å². The average Bonchev–Trinajstić information content (AvgIpc) is 2.28. The summed E-state index contributed by atoms with van der Waals surface area (Å²) in [5.74, 6) is 0. The molecule has 0 N–H and O–H groups in total. The van der Waals surface area contributed by atoms with Crippen molar-refractivity contribution in [3.8, 4) is 11.1 Å². The Bertz CT molecular complexity index is 548. The Hall–Kier alpha value is -1.56. The monoisotopic (exact) mass is 236 g/mol. The van der Waals surface area contributed by atoms with Crippen LogP contribution in [0.25, 0.3) is 11.1 Å². The minimum atomic E-state index is 1.20. The van der Waals surface area contributed by atoms with Crippen LogP contribution in [0.1, 0.15) is 33.4 Å². The average molecular weight is 236 g/mol. The summed E-state index contributed by atoms with van der Waals surface area (Å²) in [7, 11) is 0. The molecular formula is C18H20. The smallest absolute Gasteiger partial charge is 0.0117 e. The van der Waals surface area contributed by atoms with Gasteiger partial charge in [-0.25, -0.2) is 0 Å². The standard InChI is InChI=1S/C18H20/c1-11-7-13(3)15(5)17(9-11)18-10-12(2)8-14(4)16(18)6/h9-10H,1-6H3. The summed E-state index contributed by atoms with van der Waals surface area (Å²) in [5, 5.41) is 0. The van der Waals surface area contributed by atoms with Crippen LogP contribution in [0.2, 0.25) is 0 Å². The third-order valence-corrected chi connectivity index (χ3v) is 3.71. The van der Waals surface area contributed by atoms with Gasteiger partial charge in [-0.15, -0.1) is 0 Å². The maximum atomic E-state index is 3.39. The molecule has 0 atom stereocenters. The summed E-state index contributed by atoms with van der Waals surface area (Å²) in [5.41, 5.74) is 10.2. The molecule has 0 heterocycles. The molecule has 18 heavy (non-hydrogen) atoms. The van der Waals surface area contributed by atoms with Crippen molar-refractivity contribution in [1.29, 1.82) is 0 Å². The highest BCUT2D eigenvalue weighted by atomic mass is 14.1. The summed E-state index contributed by atoms with van der Waals surface area (Å²) >= 11 is 0. The summed E-state index contributed by atoms with van der Waals surface area (Å²) in [6, 6.07) is 11.3. The summed E-state index contributed by atoms with van der Waals surface area (Å²) in [6.07, 6.45) is 0. The van der Waals surface area contributed by atoms with Crippen molar-refractivity contribution in [2.45, 2.75) is 41.5 Å². The number of rotatable bonds is 1. The van der Waals surface area contributed by atoms with Crippen LogP contribution in [0.4, 0.5) is 0 Å². The molecule has 0 saturated carbocycles. The molecular weight excluding hydrogens is 216 g/mol. The van der Waals surface area contributed by atoms with Gasteiger partial charge in [0, 0.05) is 0 Å². The van der Waals surface area contributed by atoms with E-state index in [1.165, 1.54) is 44.5 Å². The quantitative estimate of drug-likeness (QED) is 0.667. The second-order valence-electron chi connectivity index (χ2n) is 5.23. The Morgan fingerprint density at radius 1 is 0.611 bits per heavy atom. The largest absolute Gasteiger partial charge is 0.0505 e. The summed E-state index contributed by atoms with van der Waals surface area (Å²) in [6.45, 7) is 12.9. The molecule has 92 valence electrons. The van der Waals surface area contributed by atoms with Crippen LogP contribution in [-0.2, 0) is 0 Å². The molecule has 0 aromatic heterocycles. The molecule has 0 aliphatic heterocycles. The molecule has 2 aromatic carbocycles. The van der Waals surface area contributed by atoms with Gasteiger partial charge in [0.25, 0.3) is 0 Å². The van der Waals surface area contributed by atoms with Crippen LogP contribution in [0.3, 0.4) is 0 Å². The van der Waals surface area contributed by atoms with Gasteiger partial charge in [-0.1, -0.05) is 12.1 Å². The molecule has 0 aliphatic carbocycles. The lowest BCUT2D eigenvalue weighted by atomic mass is 9.89. The molecule has 0 nitrogen and oxygen atoms in total. The van der Waals surface area contributed by atoms with Gasteiger partial charge in [0.05, 0.1) is 0 Å². The Morgan fingerprint density at radius 3 is 1.28 bits per heavy atom. The zero-order chi connectivity index (χ0) is 13.4. The number of benzene rings is 2. The van der Waals surface area contributed by atoms with Crippen molar-refractivity contribution in [2.75, 3.05) is 0 Å². The molecule has 2 aromatic rings. The second-order valence-corrected chi connectivity index (χ2v) is 5.23. The van der Waals surface area contributed by atoms with E-state index in [-0.39, 0.29) is 0 Å². The van der Waals surface area contributed by atoms with Crippen LogP contribution in [0, 0.1) is 53.7 Å². The fraction of sp³-hybridized carbons (Fsp3) is 0.333. The molecule has 0 saturated heterocycles. The van der Waals surface area contributed by atoms with Crippen LogP contribution >= 0.6 is 0 Å². The van der Waals surface area contributed by atoms with Gasteiger partial charge < -0.3 is 0 Å². The molecule has 0 aliphatic rings. The van der Waals surface area contributed by atoms with Crippen LogP contribution in [-0.4, -0.2) is 0 Å². The number of hydrogen-bond acceptors (Lipinski definition) is 0. The first-order valence-corrected chi connectivity index (χ1v) is 6.40. The fourth-order valence-electron chi connectivity index (χ4n) is 2.46. The maximum Gasteiger partial charge on any atom is -0.0117 e. The predicted octanol–water partition coefficient (Wildman–Crippen LogP) is 4.80. The maximum absolute atomic E-state index is 3.39. The van der Waals surface area contributed by atoms with Gasteiger partial charge in [0.1, 0.15) is 0 Å². The lowest BCUT2D eigenvalue weighted by Gasteiger charge is -2.15. The van der Waals surface area contributed by atoms with E-state index in [2.05, 4.69) is 65.8 Å². The van der Waals surface area contributed by atoms with E-state index in [1.54, 1.807) is 0 Å². The normalized spacial score (nSPS) is 10.8. The highest BCUT2D eigenvalue weighted by Crippen LogP contribution is 2.31. The van der Waals surface area contributed by atoms with Gasteiger partial charge in [-0.2, -0.15) is 0 Å². The zero-order valence-electron chi connectivity index (χ0n) is 12.2. The molecule has 0 fully saturated rings. The number of aryl methyl sites for hydroxylation is 4. The third-order valence-electron chi connectivity index (χ3n) is 3.71. The van der Waals surface area contributed by atoms with Crippen molar-refractivity contribution in [1.82, 2.24) is 0 Å². The molecule has 0 amide bonds. The number of hydrogen-bond donors (Lipinski definition) is 0. The van der Waals surface area contributed by atoms with Gasteiger partial charge in [-0.05, 0) is 98.2 Å². The lowest BCUT2D eigenvalue weighted by molar-refractivity contribution is 1.25. The highest BCUT2D eigenvalue weighted by molar-refractivity contribution is 5.73. The summed E-state index contributed by atoms with van der Waals surface area (Å²) < 4.78 is 0. The lowest BCUT2D eigenvalue weighted by Crippen LogP contribution is -1.95. The molecule has 2 rings (SSSR count). The molecule has 0 heteroatoms. The van der Waals surface area contributed by atoms with Crippen molar-refractivity contribution >= 4 is 0 Å². The van der Waals surface area contributed by atoms with Crippen molar-refractivity contribution < 1.29 is 0 Å². The Kier molecular flexibility index (Phi) is 3.30. The first-order valence-electron chi connectivity index (χ1n) is 6.40. The van der Waals surface area contributed by atoms with E-state index in [0.717, 1.165) is 0 Å². The van der Waals surface area contributed by atoms with Crippen LogP contribution in [0.15, 0.2) is 12.1 Å². The van der Waals surface area contributed by atoms with Gasteiger partial charge in [0.2, 0.25) is 0 Å². The van der Waals surface area contributed by atoms with E-state index in [4.69, 9.17) is 0 Å². The second kappa shape index (κ2) is 4.61. The summed E-state index contributed by atoms with van der Waals surface area (Å²) in [4.78, 5) is 0. The Morgan fingerprint density at radius 2 is 0.944 bits per heavy atom. The predicted molar refractivity (Wildman–Crippen MR) is 78.0 cm³/mol. The van der Waals surface area contributed by atoms with Crippen molar-refractivity contribution in [2.24, 2.45) is 0 Å².